The Balaban J connectivity index is 0.000000292. The maximum absolute atomic E-state index is 12.7. The lowest BCUT2D eigenvalue weighted by molar-refractivity contribution is -0.172. The minimum absolute atomic E-state index is 0.0246. The van der Waals surface area contributed by atoms with Gasteiger partial charge in [-0.1, -0.05) is 43.1 Å². The molecule has 2 amide bonds. The van der Waals surface area contributed by atoms with Crippen molar-refractivity contribution < 1.29 is 80.5 Å². The molecule has 4 aromatic rings. The number of alkyl halides is 3. The first kappa shape index (κ1) is 55.7. The molecule has 0 aliphatic carbocycles. The lowest BCUT2D eigenvalue weighted by atomic mass is 9.76. The van der Waals surface area contributed by atoms with Gasteiger partial charge in [0.25, 0.3) is 0 Å². The number of hydrogen-bond acceptors (Lipinski definition) is 12. The van der Waals surface area contributed by atoms with Gasteiger partial charge in [0.2, 0.25) is 5.79 Å². The van der Waals surface area contributed by atoms with Gasteiger partial charge in [-0.05, 0) is 85.5 Å². The van der Waals surface area contributed by atoms with E-state index in [1.165, 1.54) is 33.0 Å². The summed E-state index contributed by atoms with van der Waals surface area (Å²) in [6, 6.07) is 17.9. The molecule has 5 rings (SSSR count). The number of carbonyl (C=O) groups is 4. The number of carboxylic acids is 2. The van der Waals surface area contributed by atoms with Crippen LogP contribution in [0.5, 0.6) is 28.7 Å². The van der Waals surface area contributed by atoms with Crippen LogP contribution in [-0.2, 0) is 40.1 Å². The maximum Gasteiger partial charge on any atom is 0.416 e. The molecule has 0 bridgehead atoms. The molecule has 0 radical (unpaired) electrons. The third kappa shape index (κ3) is 17.2. The molecule has 4 aromatic carbocycles. The lowest BCUT2D eigenvalue weighted by Gasteiger charge is -2.43. The second-order valence-electron chi connectivity index (χ2n) is 15.7. The topological polar surface area (TPSA) is 243 Å². The zero-order chi connectivity index (χ0) is 50.7. The fourth-order valence-electron chi connectivity index (χ4n) is 5.91. The van der Waals surface area contributed by atoms with Gasteiger partial charge in [-0.15, -0.1) is 0 Å². The van der Waals surface area contributed by atoms with Crippen molar-refractivity contribution in [3.8, 4) is 28.7 Å². The SMILES string of the molecule is CON(C)C(=O)Nc1ccc(Oc2ccc3c(c2)OC(C)(OC)CC3(C)C)cc1.CP(=O)(O)CCC(N)C(=O)O.C[C@H](OC(=O)c1cc(Oc2ccc(C(F)(F)F)cc2Cl)ccc1Cl)C(=O)O. The summed E-state index contributed by atoms with van der Waals surface area (Å²) in [5.74, 6) is -2.13. The Morgan fingerprint density at radius 2 is 1.49 bits per heavy atom. The lowest BCUT2D eigenvalue weighted by Crippen LogP contribution is -2.45. The Hall–Kier alpha value is -5.60. The Morgan fingerprint density at radius 3 is 2.03 bits per heavy atom. The molecule has 3 unspecified atom stereocenters. The van der Waals surface area contributed by atoms with E-state index in [0.717, 1.165) is 47.9 Å². The van der Waals surface area contributed by atoms with Crippen molar-refractivity contribution in [2.75, 3.05) is 39.4 Å². The summed E-state index contributed by atoms with van der Waals surface area (Å²) < 4.78 is 76.4. The summed E-state index contributed by atoms with van der Waals surface area (Å²) in [7, 11) is 1.51. The molecular weight excluding hydrogens is 953 g/mol. The second-order valence-corrected chi connectivity index (χ2v) is 19.0. The van der Waals surface area contributed by atoms with E-state index in [0.29, 0.717) is 23.3 Å². The van der Waals surface area contributed by atoms with Crippen LogP contribution in [0, 0.1) is 0 Å². The predicted molar refractivity (Wildman–Crippen MR) is 242 cm³/mol. The van der Waals surface area contributed by atoms with Crippen molar-refractivity contribution in [1.82, 2.24) is 5.06 Å². The summed E-state index contributed by atoms with van der Waals surface area (Å²) >= 11 is 11.7. The number of benzene rings is 4. The summed E-state index contributed by atoms with van der Waals surface area (Å²) in [5.41, 5.74) is 5.66. The number of methoxy groups -OCH3 is 1. The van der Waals surface area contributed by atoms with Gasteiger partial charge in [0.15, 0.2) is 13.5 Å². The summed E-state index contributed by atoms with van der Waals surface area (Å²) in [6.07, 6.45) is -5.20. The zero-order valence-electron chi connectivity index (χ0n) is 37.5. The number of hydroxylamine groups is 2. The van der Waals surface area contributed by atoms with E-state index >= 15 is 0 Å². The average molecular weight is 1000 g/mol. The van der Waals surface area contributed by atoms with Gasteiger partial charge >= 0.3 is 30.1 Å². The van der Waals surface area contributed by atoms with Gasteiger partial charge in [0.05, 0.1) is 28.3 Å². The minimum atomic E-state index is -4.56. The van der Waals surface area contributed by atoms with Crippen LogP contribution < -0.4 is 25.3 Å². The maximum atomic E-state index is 12.7. The number of hydrogen-bond donors (Lipinski definition) is 5. The molecule has 6 N–H and O–H groups in total. The van der Waals surface area contributed by atoms with E-state index in [4.69, 9.17) is 72.6 Å². The highest BCUT2D eigenvalue weighted by molar-refractivity contribution is 7.57. The van der Waals surface area contributed by atoms with Crippen LogP contribution in [0.25, 0.3) is 0 Å². The minimum Gasteiger partial charge on any atom is -0.480 e. The fraction of sp³-hybridized carbons (Fsp3) is 0.364. The van der Waals surface area contributed by atoms with Gasteiger partial charge in [0.1, 0.15) is 34.8 Å². The number of carboxylic acid groups (broad SMARTS) is 2. The van der Waals surface area contributed by atoms with E-state index in [2.05, 4.69) is 19.2 Å². The van der Waals surface area contributed by atoms with Crippen LogP contribution in [0.4, 0.5) is 23.7 Å². The van der Waals surface area contributed by atoms with Crippen LogP contribution >= 0.6 is 30.6 Å². The molecule has 366 valence electrons. The number of urea groups is 1. The first-order chi connectivity index (χ1) is 31.0. The summed E-state index contributed by atoms with van der Waals surface area (Å²) in [4.78, 5) is 58.3. The number of anilines is 1. The van der Waals surface area contributed by atoms with Crippen LogP contribution in [0.3, 0.4) is 0 Å². The van der Waals surface area contributed by atoms with Crippen molar-refractivity contribution >= 4 is 60.2 Å². The summed E-state index contributed by atoms with van der Waals surface area (Å²) in [5, 5.41) is 20.6. The van der Waals surface area contributed by atoms with Crippen molar-refractivity contribution in [3.05, 3.63) is 106 Å². The Morgan fingerprint density at radius 1 is 0.896 bits per heavy atom. The third-order valence-corrected chi connectivity index (χ3v) is 11.3. The van der Waals surface area contributed by atoms with Crippen LogP contribution in [-0.4, -0.2) is 96.1 Å². The summed E-state index contributed by atoms with van der Waals surface area (Å²) in [6.45, 7) is 8.65. The average Bonchev–Trinajstić information content (AvgIpc) is 3.23. The Labute approximate surface area is 394 Å². The number of nitrogens with one attached hydrogen (secondary N) is 1. The molecule has 0 saturated carbocycles. The molecule has 1 heterocycles. The number of nitrogens with two attached hydrogens (primary N) is 1. The Bertz CT molecular complexity index is 2440. The van der Waals surface area contributed by atoms with Crippen LogP contribution in [0.2, 0.25) is 10.0 Å². The monoisotopic (exact) mass is 1000 g/mol. The molecular formula is C44H51Cl2F3N3O14P. The predicted octanol–water partition coefficient (Wildman–Crippen LogP) is 10.0. The highest BCUT2D eigenvalue weighted by Crippen LogP contribution is 2.47. The first-order valence-electron chi connectivity index (χ1n) is 19.8. The van der Waals surface area contributed by atoms with Crippen molar-refractivity contribution in [1.29, 1.82) is 0 Å². The number of halogens is 5. The van der Waals surface area contributed by atoms with Gasteiger partial charge in [-0.25, -0.2) is 19.4 Å². The molecule has 67 heavy (non-hydrogen) atoms. The molecule has 1 aliphatic rings. The Kier molecular flexibility index (Phi) is 19.5. The number of rotatable bonds is 14. The van der Waals surface area contributed by atoms with Gasteiger partial charge in [-0.3, -0.25) is 14.2 Å². The molecule has 4 atom stereocenters. The third-order valence-electron chi connectivity index (χ3n) is 9.55. The van der Waals surface area contributed by atoms with Crippen LogP contribution in [0.15, 0.2) is 78.9 Å². The van der Waals surface area contributed by atoms with E-state index in [9.17, 15) is 36.9 Å². The van der Waals surface area contributed by atoms with Crippen molar-refractivity contribution in [2.45, 2.75) is 70.1 Å². The van der Waals surface area contributed by atoms with Gasteiger partial charge in [0, 0.05) is 57.6 Å². The number of nitrogens with zero attached hydrogens (tertiary/aromatic N) is 1. The van der Waals surface area contributed by atoms with Gasteiger partial charge < -0.3 is 49.8 Å². The molecule has 0 spiro atoms. The molecule has 0 aromatic heterocycles. The first-order valence-corrected chi connectivity index (χ1v) is 22.8. The second kappa shape index (κ2) is 23.4. The number of ether oxygens (including phenoxy) is 5. The van der Waals surface area contributed by atoms with Crippen molar-refractivity contribution in [3.63, 3.8) is 0 Å². The molecule has 0 fully saturated rings. The van der Waals surface area contributed by atoms with Crippen molar-refractivity contribution in [2.24, 2.45) is 5.73 Å². The van der Waals surface area contributed by atoms with E-state index < -0.39 is 54.9 Å². The molecule has 17 nitrogen and oxygen atoms in total. The van der Waals surface area contributed by atoms with Gasteiger partial charge in [-0.2, -0.15) is 13.2 Å². The quantitative estimate of drug-likeness (QED) is 0.0448. The van der Waals surface area contributed by atoms with E-state index in [1.54, 1.807) is 31.4 Å². The number of aliphatic carboxylic acids is 2. The molecule has 23 heteroatoms. The largest absolute Gasteiger partial charge is 0.480 e. The van der Waals surface area contributed by atoms with E-state index in [-0.39, 0.29) is 51.1 Å². The zero-order valence-corrected chi connectivity index (χ0v) is 39.9. The normalized spacial score (nSPS) is 16.6. The standard InChI is InChI=1S/C22H28N2O5.C17H11Cl2F3O5.C5H12NO4P/c1-21(2)14-22(3,26-5)29-19-13-17(11-12-18(19)21)28-16-9-7-15(8-10-16)23-20(25)24(4)27-6;1-8(15(23)24)26-16(25)11-7-10(3-4-12(11)18)27-14-5-2-9(6-13(14)19)17(20,21)22;1-11(9,10)3-2-4(6)5(7)8/h7-13H,14H2,1-6H3,(H,23,25);2-8H,1H3,(H,23,24);4H,2-3,6H2,1H3,(H,7,8)(H,9,10)/t;8-;/m.0./s1. The molecule has 1 aliphatic heterocycles. The number of carbonyl (C=O) groups excluding carboxylic acids is 2. The van der Waals surface area contributed by atoms with Crippen LogP contribution in [0.1, 0.15) is 62.0 Å². The fourth-order valence-corrected chi connectivity index (χ4v) is 7.08. The highest BCUT2D eigenvalue weighted by atomic mass is 35.5. The highest BCUT2D eigenvalue weighted by Gasteiger charge is 2.42. The molecule has 0 saturated heterocycles. The number of esters is 1. The van der Waals surface area contributed by atoms with E-state index in [1.807, 2.05) is 25.1 Å². The smallest absolute Gasteiger partial charge is 0.416 e. The number of amides is 2. The number of fused-ring (bicyclic) bond motifs is 1.